The number of aliphatic hydroxyl groups excluding tert-OH is 2. The second kappa shape index (κ2) is 2.27. The molecule has 1 aliphatic carbocycles. The number of alkyl halides is 2. The van der Waals surface area contributed by atoms with Crippen LogP contribution in [-0.4, -0.2) is 26.8 Å². The van der Waals surface area contributed by atoms with Crippen molar-refractivity contribution >= 4 is 23.2 Å². The minimum Gasteiger partial charge on any atom is -0.390 e. The highest BCUT2D eigenvalue weighted by atomic mass is 35.5. The zero-order valence-electron chi connectivity index (χ0n) is 4.72. The van der Waals surface area contributed by atoms with E-state index in [1.54, 1.807) is 0 Å². The van der Waals surface area contributed by atoms with Gasteiger partial charge in [0.2, 0.25) is 0 Å². The quantitative estimate of drug-likeness (QED) is 0.526. The Morgan fingerprint density at radius 1 is 1.11 bits per heavy atom. The van der Waals surface area contributed by atoms with Crippen molar-refractivity contribution in [3.8, 4) is 0 Å². The van der Waals surface area contributed by atoms with Crippen molar-refractivity contribution in [3.05, 3.63) is 0 Å². The third-order valence-electron chi connectivity index (χ3n) is 1.60. The van der Waals surface area contributed by atoms with Crippen molar-refractivity contribution in [2.24, 2.45) is 0 Å². The van der Waals surface area contributed by atoms with Crippen LogP contribution in [0.3, 0.4) is 0 Å². The lowest BCUT2D eigenvalue weighted by molar-refractivity contribution is 0.124. The molecular weight excluding hydrogens is 163 g/mol. The Balaban J connectivity index is 2.66. The minimum atomic E-state index is -1.33. The van der Waals surface area contributed by atoms with Crippen LogP contribution in [0.15, 0.2) is 0 Å². The highest BCUT2D eigenvalue weighted by molar-refractivity contribution is 6.49. The lowest BCUT2D eigenvalue weighted by atomic mass is 10.3. The summed E-state index contributed by atoms with van der Waals surface area (Å²) in [5, 5.41) is 18.0. The van der Waals surface area contributed by atoms with Gasteiger partial charge in [0.25, 0.3) is 0 Å². The fraction of sp³-hybridized carbons (Fsp3) is 1.00. The lowest BCUT2D eigenvalue weighted by Gasteiger charge is -2.19. The number of halogens is 2. The van der Waals surface area contributed by atoms with Crippen LogP contribution in [0.5, 0.6) is 0 Å². The third-order valence-corrected chi connectivity index (χ3v) is 2.61. The zero-order chi connectivity index (χ0) is 7.07. The van der Waals surface area contributed by atoms with Crippen LogP contribution >= 0.6 is 23.2 Å². The summed E-state index contributed by atoms with van der Waals surface area (Å²) < 4.78 is -1.33. The molecule has 9 heavy (non-hydrogen) atoms. The predicted molar refractivity (Wildman–Crippen MR) is 35.7 cm³/mol. The molecule has 0 aromatic carbocycles. The van der Waals surface area contributed by atoms with E-state index in [9.17, 15) is 0 Å². The Labute approximate surface area is 63.4 Å². The van der Waals surface area contributed by atoms with Crippen molar-refractivity contribution in [2.75, 3.05) is 0 Å². The van der Waals surface area contributed by atoms with Gasteiger partial charge in [0.05, 0.1) is 12.2 Å². The SMILES string of the molecule is O[C@@H]1CC[C@@H](O)C1(Cl)Cl. The molecule has 1 fully saturated rings. The van der Waals surface area contributed by atoms with E-state index in [0.29, 0.717) is 12.8 Å². The Kier molecular flexibility index (Phi) is 1.92. The van der Waals surface area contributed by atoms with Crippen molar-refractivity contribution in [1.82, 2.24) is 0 Å². The molecule has 0 amide bonds. The van der Waals surface area contributed by atoms with Crippen molar-refractivity contribution in [3.63, 3.8) is 0 Å². The first-order valence-electron chi connectivity index (χ1n) is 2.79. The Bertz CT molecular complexity index is 104. The van der Waals surface area contributed by atoms with Crippen LogP contribution in [0, 0.1) is 0 Å². The molecule has 0 spiro atoms. The average Bonchev–Trinajstić information content (AvgIpc) is 1.96. The highest BCUT2D eigenvalue weighted by Crippen LogP contribution is 2.39. The Morgan fingerprint density at radius 3 is 1.56 bits per heavy atom. The molecule has 0 bridgehead atoms. The van der Waals surface area contributed by atoms with Gasteiger partial charge in [0, 0.05) is 0 Å². The van der Waals surface area contributed by atoms with Crippen LogP contribution in [0.2, 0.25) is 0 Å². The third kappa shape index (κ3) is 1.17. The molecular formula is C5H8Cl2O2. The van der Waals surface area contributed by atoms with Crippen molar-refractivity contribution in [2.45, 2.75) is 29.4 Å². The molecule has 0 saturated heterocycles. The molecule has 0 aromatic rings. The van der Waals surface area contributed by atoms with Crippen LogP contribution in [0.4, 0.5) is 0 Å². The summed E-state index contributed by atoms with van der Waals surface area (Å²) in [6.07, 6.45) is -0.603. The monoisotopic (exact) mass is 170 g/mol. The van der Waals surface area contributed by atoms with Gasteiger partial charge in [-0.3, -0.25) is 0 Å². The van der Waals surface area contributed by atoms with Gasteiger partial charge in [-0.25, -0.2) is 0 Å². The highest BCUT2D eigenvalue weighted by Gasteiger charge is 2.46. The second-order valence-corrected chi connectivity index (χ2v) is 3.73. The lowest BCUT2D eigenvalue weighted by Crippen LogP contribution is -2.34. The molecule has 0 unspecified atom stereocenters. The minimum absolute atomic E-state index is 0.480. The summed E-state index contributed by atoms with van der Waals surface area (Å²) in [6.45, 7) is 0. The molecule has 2 nitrogen and oxygen atoms in total. The van der Waals surface area contributed by atoms with Crippen molar-refractivity contribution in [1.29, 1.82) is 0 Å². The van der Waals surface area contributed by atoms with E-state index in [1.807, 2.05) is 0 Å². The van der Waals surface area contributed by atoms with Crippen LogP contribution in [0.1, 0.15) is 12.8 Å². The molecule has 1 saturated carbocycles. The fourth-order valence-corrected chi connectivity index (χ4v) is 1.36. The molecule has 54 valence electrons. The van der Waals surface area contributed by atoms with Crippen molar-refractivity contribution < 1.29 is 10.2 Å². The summed E-state index contributed by atoms with van der Waals surface area (Å²) in [5.41, 5.74) is 0. The normalized spacial score (nSPS) is 41.3. The first-order valence-corrected chi connectivity index (χ1v) is 3.54. The maximum Gasteiger partial charge on any atom is 0.169 e. The second-order valence-electron chi connectivity index (χ2n) is 2.28. The zero-order valence-corrected chi connectivity index (χ0v) is 6.23. The number of hydrogen-bond donors (Lipinski definition) is 2. The summed E-state index contributed by atoms with van der Waals surface area (Å²) in [6, 6.07) is 0. The molecule has 1 aliphatic rings. The fourth-order valence-electron chi connectivity index (χ4n) is 0.923. The van der Waals surface area contributed by atoms with Gasteiger partial charge in [-0.15, -0.1) is 0 Å². The summed E-state index contributed by atoms with van der Waals surface area (Å²) in [4.78, 5) is 0. The van der Waals surface area contributed by atoms with Gasteiger partial charge in [0.15, 0.2) is 4.33 Å². The number of hydrogen-bond acceptors (Lipinski definition) is 2. The van der Waals surface area contributed by atoms with Gasteiger partial charge in [-0.1, -0.05) is 23.2 Å². The molecule has 0 aliphatic heterocycles. The first kappa shape index (κ1) is 7.61. The molecule has 2 atom stereocenters. The van der Waals surface area contributed by atoms with Crippen LogP contribution < -0.4 is 0 Å². The van der Waals surface area contributed by atoms with E-state index in [1.165, 1.54) is 0 Å². The molecule has 4 heteroatoms. The maximum atomic E-state index is 9.00. The molecule has 0 radical (unpaired) electrons. The largest absolute Gasteiger partial charge is 0.390 e. The molecule has 0 aromatic heterocycles. The Morgan fingerprint density at radius 2 is 1.44 bits per heavy atom. The van der Waals surface area contributed by atoms with Crippen LogP contribution in [0.25, 0.3) is 0 Å². The van der Waals surface area contributed by atoms with E-state index in [0.717, 1.165) is 0 Å². The molecule has 2 N–H and O–H groups in total. The summed E-state index contributed by atoms with van der Waals surface area (Å²) >= 11 is 11.1. The van der Waals surface area contributed by atoms with Gasteiger partial charge < -0.3 is 10.2 Å². The van der Waals surface area contributed by atoms with Gasteiger partial charge >= 0.3 is 0 Å². The topological polar surface area (TPSA) is 40.5 Å². The maximum absolute atomic E-state index is 9.00. The van der Waals surface area contributed by atoms with E-state index >= 15 is 0 Å². The molecule has 1 rings (SSSR count). The van der Waals surface area contributed by atoms with Crippen LogP contribution in [-0.2, 0) is 0 Å². The smallest absolute Gasteiger partial charge is 0.169 e. The average molecular weight is 171 g/mol. The summed E-state index contributed by atoms with van der Waals surface area (Å²) in [5.74, 6) is 0. The predicted octanol–water partition coefficient (Wildman–Crippen LogP) is 0.676. The van der Waals surface area contributed by atoms with Gasteiger partial charge in [-0.2, -0.15) is 0 Å². The van der Waals surface area contributed by atoms with Gasteiger partial charge in [-0.05, 0) is 12.8 Å². The first-order chi connectivity index (χ1) is 4.05. The Hall–Kier alpha value is 0.500. The van der Waals surface area contributed by atoms with E-state index < -0.39 is 16.5 Å². The summed E-state index contributed by atoms with van der Waals surface area (Å²) in [7, 11) is 0. The van der Waals surface area contributed by atoms with Gasteiger partial charge in [0.1, 0.15) is 0 Å². The number of rotatable bonds is 0. The molecule has 0 heterocycles. The van der Waals surface area contributed by atoms with E-state index in [2.05, 4.69) is 0 Å². The van der Waals surface area contributed by atoms with E-state index in [4.69, 9.17) is 33.4 Å². The number of aliphatic hydroxyl groups is 2. The standard InChI is InChI=1S/C5H8Cl2O2/c6-5(7)3(8)1-2-4(5)9/h3-4,8-9H,1-2H2/t3-,4-/m1/s1. The van der Waals surface area contributed by atoms with E-state index in [-0.39, 0.29) is 0 Å².